The zero-order chi connectivity index (χ0) is 19.9. The Morgan fingerprint density at radius 1 is 1.25 bits per heavy atom. The van der Waals surface area contributed by atoms with E-state index in [1.165, 1.54) is 16.0 Å². The summed E-state index contributed by atoms with van der Waals surface area (Å²) in [6, 6.07) is 8.20. The van der Waals surface area contributed by atoms with Crippen LogP contribution in [0.25, 0.3) is 15.9 Å². The highest BCUT2D eigenvalue weighted by atomic mass is 32.2. The van der Waals surface area contributed by atoms with Crippen LogP contribution in [0.15, 0.2) is 34.2 Å². The summed E-state index contributed by atoms with van der Waals surface area (Å²) in [5.74, 6) is 1.96. The fourth-order valence-electron chi connectivity index (χ4n) is 3.50. The summed E-state index contributed by atoms with van der Waals surface area (Å²) in [5.41, 5.74) is 3.42. The fourth-order valence-corrected chi connectivity index (χ4v) is 6.98. The maximum atomic E-state index is 13.7. The Hall–Kier alpha value is -1.24. The molecule has 6 heteroatoms. The number of hydrogen-bond donors (Lipinski definition) is 0. The number of hydrogen-bond acceptors (Lipinski definition) is 5. The van der Waals surface area contributed by atoms with Crippen LogP contribution in [0.4, 0.5) is 0 Å². The Bertz CT molecular complexity index is 1060. The van der Waals surface area contributed by atoms with Crippen LogP contribution in [0, 0.1) is 6.92 Å². The van der Waals surface area contributed by atoms with E-state index in [4.69, 9.17) is 4.98 Å². The van der Waals surface area contributed by atoms with Crippen LogP contribution in [0.2, 0.25) is 0 Å². The lowest BCUT2D eigenvalue weighted by Gasteiger charge is -2.28. The number of aromatic nitrogens is 2. The standard InChI is InChI=1S/C22H26N2OS3/c1-5-6-11-26-21-23-19-18(16-12-22(3,4)27-13-17(16)28-19)20(25)24(21)15-9-7-14(2)8-10-15/h7-10H,5-6,11-13H2,1-4H3. The largest absolute Gasteiger partial charge is 0.268 e. The first-order chi connectivity index (χ1) is 13.4. The zero-order valence-electron chi connectivity index (χ0n) is 16.9. The minimum atomic E-state index is 0.0908. The first-order valence-corrected chi connectivity index (χ1v) is 12.6. The molecule has 0 amide bonds. The van der Waals surface area contributed by atoms with Gasteiger partial charge < -0.3 is 0 Å². The topological polar surface area (TPSA) is 34.9 Å². The van der Waals surface area contributed by atoms with E-state index in [1.54, 1.807) is 23.1 Å². The van der Waals surface area contributed by atoms with Crippen LogP contribution < -0.4 is 5.56 Å². The van der Waals surface area contributed by atoms with Gasteiger partial charge in [0.05, 0.1) is 11.1 Å². The molecule has 2 aromatic heterocycles. The molecular formula is C22H26N2OS3. The van der Waals surface area contributed by atoms with Gasteiger partial charge in [0.1, 0.15) is 4.83 Å². The van der Waals surface area contributed by atoms with Crippen molar-refractivity contribution in [1.82, 2.24) is 9.55 Å². The van der Waals surface area contributed by atoms with Gasteiger partial charge in [0, 0.05) is 21.1 Å². The summed E-state index contributed by atoms with van der Waals surface area (Å²) >= 11 is 5.39. The zero-order valence-corrected chi connectivity index (χ0v) is 19.3. The normalized spacial score (nSPS) is 15.7. The Morgan fingerprint density at radius 3 is 2.71 bits per heavy atom. The number of unbranched alkanes of at least 4 members (excludes halogenated alkanes) is 1. The summed E-state index contributed by atoms with van der Waals surface area (Å²) in [4.78, 5) is 21.0. The lowest BCUT2D eigenvalue weighted by Crippen LogP contribution is -2.26. The van der Waals surface area contributed by atoms with Crippen molar-refractivity contribution in [2.24, 2.45) is 0 Å². The number of rotatable bonds is 5. The van der Waals surface area contributed by atoms with Gasteiger partial charge in [-0.3, -0.25) is 9.36 Å². The third kappa shape index (κ3) is 3.79. The molecule has 28 heavy (non-hydrogen) atoms. The highest BCUT2D eigenvalue weighted by Crippen LogP contribution is 2.44. The monoisotopic (exact) mass is 430 g/mol. The molecule has 0 aliphatic carbocycles. The van der Waals surface area contributed by atoms with E-state index >= 15 is 0 Å². The summed E-state index contributed by atoms with van der Waals surface area (Å²) in [6.45, 7) is 8.80. The van der Waals surface area contributed by atoms with Crippen molar-refractivity contribution in [2.75, 3.05) is 5.75 Å². The molecule has 0 spiro atoms. The number of thioether (sulfide) groups is 2. The van der Waals surface area contributed by atoms with Gasteiger partial charge in [0.2, 0.25) is 0 Å². The molecule has 0 N–H and O–H groups in total. The lowest BCUT2D eigenvalue weighted by atomic mass is 10.00. The maximum Gasteiger partial charge on any atom is 0.267 e. The van der Waals surface area contributed by atoms with E-state index < -0.39 is 0 Å². The van der Waals surface area contributed by atoms with Crippen molar-refractivity contribution in [3.63, 3.8) is 0 Å². The lowest BCUT2D eigenvalue weighted by molar-refractivity contribution is 0.698. The Balaban J connectivity index is 1.93. The van der Waals surface area contributed by atoms with E-state index in [2.05, 4.69) is 39.8 Å². The van der Waals surface area contributed by atoms with Crippen LogP contribution in [-0.2, 0) is 12.2 Å². The number of nitrogens with zero attached hydrogens (tertiary/aromatic N) is 2. The molecule has 1 aliphatic heterocycles. The molecule has 0 saturated carbocycles. The molecule has 0 bridgehead atoms. The Morgan fingerprint density at radius 2 is 2.00 bits per heavy atom. The molecule has 0 radical (unpaired) electrons. The van der Waals surface area contributed by atoms with Gasteiger partial charge in [0.15, 0.2) is 5.16 Å². The van der Waals surface area contributed by atoms with E-state index in [1.807, 2.05) is 28.5 Å². The van der Waals surface area contributed by atoms with Crippen LogP contribution in [-0.4, -0.2) is 20.1 Å². The van der Waals surface area contributed by atoms with Crippen LogP contribution in [0.1, 0.15) is 49.6 Å². The minimum absolute atomic E-state index is 0.0908. The number of thiophene rings is 1. The molecule has 3 heterocycles. The Labute approximate surface area is 179 Å². The summed E-state index contributed by atoms with van der Waals surface area (Å²) in [5, 5.41) is 1.66. The predicted octanol–water partition coefficient (Wildman–Crippen LogP) is 6.22. The molecule has 0 fully saturated rings. The first kappa shape index (κ1) is 20.0. The van der Waals surface area contributed by atoms with Crippen molar-refractivity contribution >= 4 is 45.1 Å². The van der Waals surface area contributed by atoms with Crippen molar-refractivity contribution in [3.8, 4) is 5.69 Å². The molecular weight excluding hydrogens is 404 g/mol. The minimum Gasteiger partial charge on any atom is -0.268 e. The van der Waals surface area contributed by atoms with Crippen molar-refractivity contribution < 1.29 is 0 Å². The fraction of sp³-hybridized carbons (Fsp3) is 0.455. The molecule has 1 aromatic carbocycles. The molecule has 4 rings (SSSR count). The second kappa shape index (κ2) is 7.88. The Kier molecular flexibility index (Phi) is 5.64. The molecule has 148 valence electrons. The molecule has 0 unspecified atom stereocenters. The number of benzene rings is 1. The second-order valence-corrected chi connectivity index (χ2v) is 11.8. The smallest absolute Gasteiger partial charge is 0.267 e. The van der Waals surface area contributed by atoms with E-state index in [0.29, 0.717) is 0 Å². The second-order valence-electron chi connectivity index (χ2n) is 7.98. The average Bonchev–Trinajstić information content (AvgIpc) is 3.00. The third-order valence-electron chi connectivity index (χ3n) is 5.10. The SMILES string of the molecule is CCCCSc1nc2sc3c(c2c(=O)n1-c1ccc(C)cc1)CC(C)(C)SC3. The quantitative estimate of drug-likeness (QED) is 0.274. The molecule has 3 aromatic rings. The first-order valence-electron chi connectivity index (χ1n) is 9.81. The highest BCUT2D eigenvalue weighted by molar-refractivity contribution is 8.00. The van der Waals surface area contributed by atoms with E-state index in [9.17, 15) is 4.79 Å². The molecule has 1 aliphatic rings. The number of aryl methyl sites for hydroxylation is 1. The van der Waals surface area contributed by atoms with Gasteiger partial charge >= 0.3 is 0 Å². The molecule has 0 saturated heterocycles. The van der Waals surface area contributed by atoms with Crippen molar-refractivity contribution in [3.05, 3.63) is 50.6 Å². The van der Waals surface area contributed by atoms with Crippen molar-refractivity contribution in [2.45, 2.75) is 62.6 Å². The third-order valence-corrected chi connectivity index (χ3v) is 8.79. The van der Waals surface area contributed by atoms with E-state index in [-0.39, 0.29) is 10.3 Å². The molecule has 3 nitrogen and oxygen atoms in total. The number of fused-ring (bicyclic) bond motifs is 3. The summed E-state index contributed by atoms with van der Waals surface area (Å²) in [7, 11) is 0. The van der Waals surface area contributed by atoms with Gasteiger partial charge in [-0.2, -0.15) is 0 Å². The van der Waals surface area contributed by atoms with Gasteiger partial charge in [-0.1, -0.05) is 56.7 Å². The average molecular weight is 431 g/mol. The summed E-state index contributed by atoms with van der Waals surface area (Å²) < 4.78 is 2.00. The predicted molar refractivity (Wildman–Crippen MR) is 125 cm³/mol. The molecule has 0 atom stereocenters. The van der Waals surface area contributed by atoms with Crippen molar-refractivity contribution in [1.29, 1.82) is 0 Å². The van der Waals surface area contributed by atoms with Crippen LogP contribution in [0.5, 0.6) is 0 Å². The van der Waals surface area contributed by atoms with Crippen LogP contribution >= 0.6 is 34.9 Å². The van der Waals surface area contributed by atoms with E-state index in [0.717, 1.165) is 51.8 Å². The maximum absolute atomic E-state index is 13.7. The van der Waals surface area contributed by atoms with Gasteiger partial charge in [-0.15, -0.1) is 23.1 Å². The van der Waals surface area contributed by atoms with Gasteiger partial charge in [0.25, 0.3) is 5.56 Å². The van der Waals surface area contributed by atoms with Gasteiger partial charge in [-0.25, -0.2) is 4.98 Å². The highest BCUT2D eigenvalue weighted by Gasteiger charge is 2.31. The summed E-state index contributed by atoms with van der Waals surface area (Å²) in [6.07, 6.45) is 3.20. The van der Waals surface area contributed by atoms with Crippen LogP contribution in [0.3, 0.4) is 0 Å². The van der Waals surface area contributed by atoms with Gasteiger partial charge in [-0.05, 0) is 37.5 Å².